The monoisotopic (exact) mass is 268 g/mol. The van der Waals surface area contributed by atoms with Gasteiger partial charge in [0.25, 0.3) is 0 Å². The maximum absolute atomic E-state index is 10.7. The third kappa shape index (κ3) is 3.53. The molecule has 5 heteroatoms. The highest BCUT2D eigenvalue weighted by molar-refractivity contribution is 7.11. The van der Waals surface area contributed by atoms with Crippen molar-refractivity contribution in [1.29, 1.82) is 0 Å². The van der Waals surface area contributed by atoms with Gasteiger partial charge in [0.1, 0.15) is 0 Å². The summed E-state index contributed by atoms with van der Waals surface area (Å²) < 4.78 is 0. The van der Waals surface area contributed by atoms with Crippen LogP contribution >= 0.6 is 11.3 Å². The van der Waals surface area contributed by atoms with Crippen molar-refractivity contribution in [1.82, 2.24) is 10.3 Å². The first-order valence-electron chi connectivity index (χ1n) is 6.58. The van der Waals surface area contributed by atoms with Crippen molar-refractivity contribution in [2.75, 3.05) is 0 Å². The Morgan fingerprint density at radius 1 is 1.56 bits per heavy atom. The number of aromatic carboxylic acids is 1. The molecule has 1 unspecified atom stereocenters. The second-order valence-corrected chi connectivity index (χ2v) is 5.87. The van der Waals surface area contributed by atoms with E-state index in [4.69, 9.17) is 5.11 Å². The van der Waals surface area contributed by atoms with Crippen LogP contribution in [0.1, 0.15) is 54.5 Å². The van der Waals surface area contributed by atoms with E-state index in [2.05, 4.69) is 17.2 Å². The molecule has 1 aromatic rings. The highest BCUT2D eigenvalue weighted by Crippen LogP contribution is 2.26. The Morgan fingerprint density at radius 3 is 2.89 bits per heavy atom. The zero-order chi connectivity index (χ0) is 13.0. The second-order valence-electron chi connectivity index (χ2n) is 5.02. The standard InChI is InChI=1S/C13H20N2O2S/c1-9(10-5-3-2-4-6-10)14-7-11-8-18-12(15-11)13(16)17/h8-10,14H,2-7H2,1H3,(H,16,17). The number of nitrogens with one attached hydrogen (secondary N) is 1. The molecule has 0 saturated heterocycles. The Bertz CT molecular complexity index is 399. The van der Waals surface area contributed by atoms with E-state index >= 15 is 0 Å². The molecule has 1 heterocycles. The Labute approximate surface area is 111 Å². The van der Waals surface area contributed by atoms with Gasteiger partial charge in [0.2, 0.25) is 5.01 Å². The minimum atomic E-state index is -0.938. The first kappa shape index (κ1) is 13.5. The number of carboxylic acid groups (broad SMARTS) is 1. The van der Waals surface area contributed by atoms with Crippen molar-refractivity contribution in [2.24, 2.45) is 5.92 Å². The lowest BCUT2D eigenvalue weighted by molar-refractivity contribution is 0.0696. The van der Waals surface area contributed by atoms with Crippen LogP contribution in [0, 0.1) is 5.92 Å². The van der Waals surface area contributed by atoms with E-state index in [9.17, 15) is 4.79 Å². The van der Waals surface area contributed by atoms with Crippen LogP contribution < -0.4 is 5.32 Å². The molecule has 2 N–H and O–H groups in total. The minimum Gasteiger partial charge on any atom is -0.476 e. The summed E-state index contributed by atoms with van der Waals surface area (Å²) in [6.07, 6.45) is 6.68. The topological polar surface area (TPSA) is 62.2 Å². The van der Waals surface area contributed by atoms with Crippen LogP contribution in [-0.4, -0.2) is 22.1 Å². The predicted octanol–water partition coefficient (Wildman–Crippen LogP) is 2.90. The summed E-state index contributed by atoms with van der Waals surface area (Å²) in [6, 6.07) is 0.486. The van der Waals surface area contributed by atoms with Gasteiger partial charge in [-0.2, -0.15) is 0 Å². The fourth-order valence-corrected chi connectivity index (χ4v) is 3.21. The quantitative estimate of drug-likeness (QED) is 0.862. The van der Waals surface area contributed by atoms with E-state index in [1.165, 1.54) is 43.4 Å². The van der Waals surface area contributed by atoms with Gasteiger partial charge in [-0.05, 0) is 25.7 Å². The average molecular weight is 268 g/mol. The summed E-state index contributed by atoms with van der Waals surface area (Å²) in [4.78, 5) is 14.8. The van der Waals surface area contributed by atoms with Crippen LogP contribution in [0.3, 0.4) is 0 Å². The highest BCUT2D eigenvalue weighted by Gasteiger charge is 2.19. The fraction of sp³-hybridized carbons (Fsp3) is 0.692. The van der Waals surface area contributed by atoms with Crippen molar-refractivity contribution in [3.63, 3.8) is 0 Å². The molecular formula is C13H20N2O2S. The smallest absolute Gasteiger partial charge is 0.365 e. The molecule has 1 aliphatic rings. The average Bonchev–Trinajstić information content (AvgIpc) is 2.86. The van der Waals surface area contributed by atoms with E-state index < -0.39 is 5.97 Å². The lowest BCUT2D eigenvalue weighted by Gasteiger charge is -2.28. The third-order valence-corrected chi connectivity index (χ3v) is 4.58. The Kier molecular flexibility index (Phi) is 4.72. The van der Waals surface area contributed by atoms with Gasteiger partial charge in [-0.15, -0.1) is 11.3 Å². The molecule has 1 atom stereocenters. The summed E-state index contributed by atoms with van der Waals surface area (Å²) in [5.41, 5.74) is 0.833. The summed E-state index contributed by atoms with van der Waals surface area (Å²) in [5.74, 6) is -0.178. The molecular weight excluding hydrogens is 248 g/mol. The van der Waals surface area contributed by atoms with Crippen LogP contribution in [-0.2, 0) is 6.54 Å². The lowest BCUT2D eigenvalue weighted by Crippen LogP contribution is -2.34. The van der Waals surface area contributed by atoms with Gasteiger partial charge < -0.3 is 10.4 Å². The number of carbonyl (C=O) groups is 1. The van der Waals surface area contributed by atoms with Crippen molar-refractivity contribution in [3.05, 3.63) is 16.1 Å². The van der Waals surface area contributed by atoms with Crippen LogP contribution in [0.5, 0.6) is 0 Å². The number of carboxylic acids is 1. The molecule has 100 valence electrons. The maximum Gasteiger partial charge on any atom is 0.365 e. The molecule has 2 rings (SSSR count). The first-order valence-corrected chi connectivity index (χ1v) is 7.46. The normalized spacial score (nSPS) is 18.7. The number of rotatable bonds is 5. The zero-order valence-corrected chi connectivity index (χ0v) is 11.5. The Hall–Kier alpha value is -0.940. The minimum absolute atomic E-state index is 0.178. The summed E-state index contributed by atoms with van der Waals surface area (Å²) in [6.45, 7) is 2.89. The molecule has 1 aromatic heterocycles. The Balaban J connectivity index is 1.80. The molecule has 0 aromatic carbocycles. The largest absolute Gasteiger partial charge is 0.476 e. The number of nitrogens with zero attached hydrogens (tertiary/aromatic N) is 1. The van der Waals surface area contributed by atoms with Gasteiger partial charge in [0.15, 0.2) is 0 Å². The maximum atomic E-state index is 10.7. The third-order valence-electron chi connectivity index (χ3n) is 3.70. The van der Waals surface area contributed by atoms with E-state index in [0.29, 0.717) is 12.6 Å². The van der Waals surface area contributed by atoms with Crippen molar-refractivity contribution in [3.8, 4) is 0 Å². The SMILES string of the molecule is CC(NCc1csc(C(=O)O)n1)C1CCCCC1. The first-order chi connectivity index (χ1) is 8.66. The summed E-state index contributed by atoms with van der Waals surface area (Å²) in [7, 11) is 0. The van der Waals surface area contributed by atoms with Crippen LogP contribution in [0.4, 0.5) is 0 Å². The number of aromatic nitrogens is 1. The van der Waals surface area contributed by atoms with Gasteiger partial charge in [0, 0.05) is 18.0 Å². The Morgan fingerprint density at radius 2 is 2.28 bits per heavy atom. The number of thiazole rings is 1. The summed E-state index contributed by atoms with van der Waals surface area (Å²) in [5, 5.41) is 14.3. The van der Waals surface area contributed by atoms with E-state index in [1.54, 1.807) is 0 Å². The molecule has 0 aliphatic heterocycles. The predicted molar refractivity (Wildman–Crippen MR) is 72.0 cm³/mol. The molecule has 0 radical (unpaired) electrons. The fourth-order valence-electron chi connectivity index (χ4n) is 2.55. The van der Waals surface area contributed by atoms with Crippen LogP contribution in [0.25, 0.3) is 0 Å². The number of hydrogen-bond acceptors (Lipinski definition) is 4. The van der Waals surface area contributed by atoms with Crippen LogP contribution in [0.15, 0.2) is 5.38 Å². The molecule has 0 bridgehead atoms. The van der Waals surface area contributed by atoms with Crippen molar-refractivity contribution in [2.45, 2.75) is 51.6 Å². The molecule has 1 fully saturated rings. The molecule has 4 nitrogen and oxygen atoms in total. The van der Waals surface area contributed by atoms with E-state index in [1.807, 2.05) is 5.38 Å². The zero-order valence-electron chi connectivity index (χ0n) is 10.7. The van der Waals surface area contributed by atoms with E-state index in [-0.39, 0.29) is 5.01 Å². The van der Waals surface area contributed by atoms with Gasteiger partial charge >= 0.3 is 5.97 Å². The van der Waals surface area contributed by atoms with Gasteiger partial charge in [0.05, 0.1) is 5.69 Å². The van der Waals surface area contributed by atoms with Crippen LogP contribution in [0.2, 0.25) is 0 Å². The molecule has 0 amide bonds. The van der Waals surface area contributed by atoms with Crippen molar-refractivity contribution >= 4 is 17.3 Å². The summed E-state index contributed by atoms with van der Waals surface area (Å²) >= 11 is 1.19. The highest BCUT2D eigenvalue weighted by atomic mass is 32.1. The lowest BCUT2D eigenvalue weighted by atomic mass is 9.84. The molecule has 1 saturated carbocycles. The molecule has 18 heavy (non-hydrogen) atoms. The van der Waals surface area contributed by atoms with Gasteiger partial charge in [-0.3, -0.25) is 0 Å². The second kappa shape index (κ2) is 6.29. The molecule has 1 aliphatic carbocycles. The molecule has 0 spiro atoms. The van der Waals surface area contributed by atoms with Gasteiger partial charge in [-0.1, -0.05) is 19.3 Å². The van der Waals surface area contributed by atoms with E-state index in [0.717, 1.165) is 11.6 Å². The van der Waals surface area contributed by atoms with Gasteiger partial charge in [-0.25, -0.2) is 9.78 Å². The number of hydrogen-bond donors (Lipinski definition) is 2. The van der Waals surface area contributed by atoms with Crippen molar-refractivity contribution < 1.29 is 9.90 Å².